The van der Waals surface area contributed by atoms with Crippen LogP contribution in [-0.2, 0) is 11.3 Å². The van der Waals surface area contributed by atoms with Crippen molar-refractivity contribution in [3.8, 4) is 11.5 Å². The van der Waals surface area contributed by atoms with E-state index in [2.05, 4.69) is 22.9 Å². The minimum atomic E-state index is -0.474. The van der Waals surface area contributed by atoms with Gasteiger partial charge in [-0.15, -0.1) is 0 Å². The van der Waals surface area contributed by atoms with E-state index >= 15 is 0 Å². The quantitative estimate of drug-likeness (QED) is 0.610. The van der Waals surface area contributed by atoms with E-state index in [1.807, 2.05) is 12.1 Å². The Labute approximate surface area is 175 Å². The van der Waals surface area contributed by atoms with Crippen LogP contribution < -0.4 is 9.47 Å². The van der Waals surface area contributed by atoms with Crippen molar-refractivity contribution >= 4 is 0 Å². The molecule has 0 bridgehead atoms. The number of methoxy groups -OCH3 is 1. The number of hydrogen-bond acceptors (Lipinski definition) is 6. The number of benzene rings is 1. The van der Waals surface area contributed by atoms with Crippen LogP contribution in [0.5, 0.6) is 11.5 Å². The molecule has 0 aliphatic carbocycles. The Balaban J connectivity index is 1.51. The van der Waals surface area contributed by atoms with E-state index in [0.717, 1.165) is 62.4 Å². The maximum atomic E-state index is 10.4. The van der Waals surface area contributed by atoms with E-state index in [0.29, 0.717) is 13.2 Å². The molecule has 2 aliphatic heterocycles. The highest BCUT2D eigenvalue weighted by molar-refractivity contribution is 5.40. The third-order valence-electron chi connectivity index (χ3n) is 6.07. The standard InChI is InChI=1S/C23H38N2O4/c1-24(12-7-19-8-13-28-14-9-19)16-20-5-6-22(27-2)15-23(20)29-18-21(26)17-25-10-3-4-11-25/h5-6,15,19,21,26H,3-4,7-14,16-18H2,1-2H3. The van der Waals surface area contributed by atoms with Crippen molar-refractivity contribution < 1.29 is 19.3 Å². The van der Waals surface area contributed by atoms with E-state index in [4.69, 9.17) is 14.2 Å². The first kappa shape index (κ1) is 22.3. The van der Waals surface area contributed by atoms with Gasteiger partial charge in [0.25, 0.3) is 0 Å². The number of aliphatic hydroxyl groups is 1. The maximum Gasteiger partial charge on any atom is 0.127 e. The van der Waals surface area contributed by atoms with E-state index in [1.54, 1.807) is 7.11 Å². The molecule has 2 heterocycles. The molecule has 164 valence electrons. The Kier molecular flexibility index (Phi) is 9.05. The Morgan fingerprint density at radius 3 is 2.72 bits per heavy atom. The highest BCUT2D eigenvalue weighted by Crippen LogP contribution is 2.27. The zero-order chi connectivity index (χ0) is 20.5. The maximum absolute atomic E-state index is 10.4. The lowest BCUT2D eigenvalue weighted by atomic mass is 9.96. The van der Waals surface area contributed by atoms with Crippen molar-refractivity contribution in [1.29, 1.82) is 0 Å². The van der Waals surface area contributed by atoms with Crippen LogP contribution in [0.2, 0.25) is 0 Å². The molecule has 1 N–H and O–H groups in total. The monoisotopic (exact) mass is 406 g/mol. The van der Waals surface area contributed by atoms with Crippen LogP contribution in [0.4, 0.5) is 0 Å². The molecule has 0 spiro atoms. The molecular formula is C23H38N2O4. The molecule has 2 saturated heterocycles. The molecule has 29 heavy (non-hydrogen) atoms. The number of aliphatic hydroxyl groups excluding tert-OH is 1. The highest BCUT2D eigenvalue weighted by atomic mass is 16.5. The number of β-amino-alcohol motifs (C(OH)–C–C–N with tert-alkyl or cyclic N) is 1. The molecule has 1 atom stereocenters. The van der Waals surface area contributed by atoms with Crippen molar-refractivity contribution in [2.75, 3.05) is 60.2 Å². The summed E-state index contributed by atoms with van der Waals surface area (Å²) in [6, 6.07) is 5.99. The van der Waals surface area contributed by atoms with E-state index in [9.17, 15) is 5.11 Å². The summed E-state index contributed by atoms with van der Waals surface area (Å²) in [7, 11) is 3.83. The molecule has 6 heteroatoms. The molecular weight excluding hydrogens is 368 g/mol. The third-order valence-corrected chi connectivity index (χ3v) is 6.07. The van der Waals surface area contributed by atoms with Crippen LogP contribution in [0, 0.1) is 5.92 Å². The number of hydrogen-bond donors (Lipinski definition) is 1. The summed E-state index contributed by atoms with van der Waals surface area (Å²) in [5, 5.41) is 10.4. The molecule has 2 aliphatic rings. The van der Waals surface area contributed by atoms with Gasteiger partial charge in [-0.25, -0.2) is 0 Å². The summed E-state index contributed by atoms with van der Waals surface area (Å²) in [6.45, 7) is 6.86. The first-order valence-corrected chi connectivity index (χ1v) is 11.1. The van der Waals surface area contributed by atoms with Gasteiger partial charge in [0.15, 0.2) is 0 Å². The molecule has 0 amide bonds. The molecule has 1 aromatic rings. The number of rotatable bonds is 11. The van der Waals surface area contributed by atoms with Gasteiger partial charge in [0.1, 0.15) is 24.2 Å². The summed E-state index contributed by atoms with van der Waals surface area (Å²) in [4.78, 5) is 4.66. The second-order valence-corrected chi connectivity index (χ2v) is 8.53. The molecule has 2 fully saturated rings. The second kappa shape index (κ2) is 11.7. The van der Waals surface area contributed by atoms with E-state index in [1.165, 1.54) is 32.1 Å². The second-order valence-electron chi connectivity index (χ2n) is 8.53. The fourth-order valence-electron chi connectivity index (χ4n) is 4.24. The first-order valence-electron chi connectivity index (χ1n) is 11.1. The topological polar surface area (TPSA) is 54.4 Å². The van der Waals surface area contributed by atoms with Crippen LogP contribution in [-0.4, -0.2) is 81.2 Å². The van der Waals surface area contributed by atoms with Gasteiger partial charge in [0, 0.05) is 37.9 Å². The average Bonchev–Trinajstić information content (AvgIpc) is 3.25. The predicted octanol–water partition coefficient (Wildman–Crippen LogP) is 2.78. The lowest BCUT2D eigenvalue weighted by Crippen LogP contribution is -2.33. The van der Waals surface area contributed by atoms with Gasteiger partial charge in [-0.05, 0) is 70.8 Å². The number of likely N-dealkylation sites (tertiary alicyclic amines) is 1. The summed E-state index contributed by atoms with van der Waals surface area (Å²) >= 11 is 0. The largest absolute Gasteiger partial charge is 0.497 e. The molecule has 0 saturated carbocycles. The predicted molar refractivity (Wildman–Crippen MR) is 115 cm³/mol. The SMILES string of the molecule is COc1ccc(CN(C)CCC2CCOCC2)c(OCC(O)CN2CCCC2)c1. The fourth-order valence-corrected chi connectivity index (χ4v) is 4.24. The third kappa shape index (κ3) is 7.45. The van der Waals surface area contributed by atoms with Gasteiger partial charge in [-0.2, -0.15) is 0 Å². The molecule has 0 aromatic heterocycles. The molecule has 6 nitrogen and oxygen atoms in total. The first-order chi connectivity index (χ1) is 14.1. The lowest BCUT2D eigenvalue weighted by Gasteiger charge is -2.25. The van der Waals surface area contributed by atoms with Crippen LogP contribution in [0.3, 0.4) is 0 Å². The summed E-state index contributed by atoms with van der Waals surface area (Å²) in [5.74, 6) is 2.36. The van der Waals surface area contributed by atoms with E-state index < -0.39 is 6.10 Å². The lowest BCUT2D eigenvalue weighted by molar-refractivity contribution is 0.0606. The van der Waals surface area contributed by atoms with Crippen LogP contribution >= 0.6 is 0 Å². The smallest absolute Gasteiger partial charge is 0.127 e. The van der Waals surface area contributed by atoms with E-state index in [-0.39, 0.29) is 0 Å². The molecule has 1 aromatic carbocycles. The normalized spacial score (nSPS) is 19.6. The fraction of sp³-hybridized carbons (Fsp3) is 0.739. The Morgan fingerprint density at radius 1 is 1.24 bits per heavy atom. The molecule has 1 unspecified atom stereocenters. The zero-order valence-electron chi connectivity index (χ0n) is 18.1. The highest BCUT2D eigenvalue weighted by Gasteiger charge is 2.18. The molecule has 3 rings (SSSR count). The van der Waals surface area contributed by atoms with Gasteiger partial charge in [0.05, 0.1) is 7.11 Å². The summed E-state index contributed by atoms with van der Waals surface area (Å²) in [6.07, 6.45) is 5.56. The van der Waals surface area contributed by atoms with Crippen molar-refractivity contribution in [2.24, 2.45) is 5.92 Å². The van der Waals surface area contributed by atoms with Crippen LogP contribution in [0.25, 0.3) is 0 Å². The molecule has 0 radical (unpaired) electrons. The summed E-state index contributed by atoms with van der Waals surface area (Å²) < 4.78 is 16.9. The number of ether oxygens (including phenoxy) is 3. The Morgan fingerprint density at radius 2 is 2.00 bits per heavy atom. The van der Waals surface area contributed by atoms with Gasteiger partial charge >= 0.3 is 0 Å². The van der Waals surface area contributed by atoms with Crippen molar-refractivity contribution in [1.82, 2.24) is 9.80 Å². The Bertz CT molecular complexity index is 601. The zero-order valence-corrected chi connectivity index (χ0v) is 18.1. The van der Waals surface area contributed by atoms with Gasteiger partial charge < -0.3 is 29.1 Å². The number of nitrogens with zero attached hydrogens (tertiary/aromatic N) is 2. The van der Waals surface area contributed by atoms with Crippen molar-refractivity contribution in [3.05, 3.63) is 23.8 Å². The minimum absolute atomic E-state index is 0.308. The average molecular weight is 407 g/mol. The van der Waals surface area contributed by atoms with Crippen molar-refractivity contribution in [2.45, 2.75) is 44.8 Å². The van der Waals surface area contributed by atoms with Crippen LogP contribution in [0.1, 0.15) is 37.7 Å². The minimum Gasteiger partial charge on any atom is -0.497 e. The Hall–Kier alpha value is -1.34. The van der Waals surface area contributed by atoms with Crippen LogP contribution in [0.15, 0.2) is 18.2 Å². The van der Waals surface area contributed by atoms with Gasteiger partial charge in [0.2, 0.25) is 0 Å². The van der Waals surface area contributed by atoms with Crippen molar-refractivity contribution in [3.63, 3.8) is 0 Å². The summed E-state index contributed by atoms with van der Waals surface area (Å²) in [5.41, 5.74) is 1.13. The van der Waals surface area contributed by atoms with Gasteiger partial charge in [-0.3, -0.25) is 0 Å². The van der Waals surface area contributed by atoms with Gasteiger partial charge in [-0.1, -0.05) is 6.07 Å².